The first kappa shape index (κ1) is 30.5. The van der Waals surface area contributed by atoms with Gasteiger partial charge in [-0.1, -0.05) is 45.4 Å². The molecule has 1 atom stereocenters. The summed E-state index contributed by atoms with van der Waals surface area (Å²) in [7, 11) is 0. The second-order valence-corrected chi connectivity index (χ2v) is 10.5. The molecule has 2 aromatic rings. The molecule has 1 aliphatic rings. The van der Waals surface area contributed by atoms with E-state index in [1.807, 2.05) is 25.1 Å². The third-order valence-electron chi connectivity index (χ3n) is 6.96. The molecule has 1 N–H and O–H groups in total. The van der Waals surface area contributed by atoms with Crippen LogP contribution in [0.2, 0.25) is 5.02 Å². The van der Waals surface area contributed by atoms with Gasteiger partial charge in [0.25, 0.3) is 11.7 Å². The molecule has 2 aromatic carbocycles. The van der Waals surface area contributed by atoms with Gasteiger partial charge in [-0.2, -0.15) is 0 Å². The summed E-state index contributed by atoms with van der Waals surface area (Å²) in [4.78, 5) is 30.5. The number of likely N-dealkylation sites (tertiary alicyclic amines) is 1. The molecule has 1 saturated heterocycles. The lowest BCUT2D eigenvalue weighted by Gasteiger charge is -2.27. The molecule has 0 saturated carbocycles. The molecular formula is C31H41ClN2O5. The quantitative estimate of drug-likeness (QED) is 0.167. The Kier molecular flexibility index (Phi) is 11.3. The van der Waals surface area contributed by atoms with Crippen LogP contribution in [-0.2, 0) is 9.59 Å². The third kappa shape index (κ3) is 7.55. The van der Waals surface area contributed by atoms with Crippen molar-refractivity contribution in [3.63, 3.8) is 0 Å². The van der Waals surface area contributed by atoms with E-state index in [1.165, 1.54) is 0 Å². The van der Waals surface area contributed by atoms with E-state index in [1.54, 1.807) is 29.2 Å². The lowest BCUT2D eigenvalue weighted by molar-refractivity contribution is -0.140. The zero-order valence-electron chi connectivity index (χ0n) is 23.7. The number of ketones is 1. The number of carbonyl (C=O) groups excluding carboxylic acids is 2. The lowest BCUT2D eigenvalue weighted by Crippen LogP contribution is -2.33. The van der Waals surface area contributed by atoms with E-state index in [0.29, 0.717) is 59.7 Å². The smallest absolute Gasteiger partial charge is 0.295 e. The Morgan fingerprint density at radius 2 is 1.72 bits per heavy atom. The highest BCUT2D eigenvalue weighted by molar-refractivity contribution is 6.46. The Morgan fingerprint density at radius 1 is 1.03 bits per heavy atom. The third-order valence-corrected chi connectivity index (χ3v) is 7.21. The Morgan fingerprint density at radius 3 is 2.33 bits per heavy atom. The van der Waals surface area contributed by atoms with Crippen molar-refractivity contribution in [3.8, 4) is 11.5 Å². The highest BCUT2D eigenvalue weighted by Gasteiger charge is 2.46. The van der Waals surface area contributed by atoms with Gasteiger partial charge < -0.3 is 24.4 Å². The monoisotopic (exact) mass is 556 g/mol. The zero-order chi connectivity index (χ0) is 28.5. The molecule has 0 aromatic heterocycles. The van der Waals surface area contributed by atoms with Crippen molar-refractivity contribution in [2.45, 2.75) is 53.5 Å². The van der Waals surface area contributed by atoms with Crippen molar-refractivity contribution in [2.24, 2.45) is 5.92 Å². The van der Waals surface area contributed by atoms with Gasteiger partial charge in [-0.25, -0.2) is 0 Å². The minimum absolute atomic E-state index is 0.0566. The molecule has 1 aliphatic heterocycles. The number of hydrogen-bond acceptors (Lipinski definition) is 6. The molecule has 1 fully saturated rings. The van der Waals surface area contributed by atoms with Crippen LogP contribution in [0.3, 0.4) is 0 Å². The van der Waals surface area contributed by atoms with Crippen molar-refractivity contribution in [2.75, 3.05) is 39.4 Å². The largest absolute Gasteiger partial charge is 0.507 e. The van der Waals surface area contributed by atoms with E-state index in [4.69, 9.17) is 21.1 Å². The first-order chi connectivity index (χ1) is 18.7. The summed E-state index contributed by atoms with van der Waals surface area (Å²) in [6.45, 7) is 14.3. The summed E-state index contributed by atoms with van der Waals surface area (Å²) in [5, 5.41) is 11.8. The van der Waals surface area contributed by atoms with Crippen LogP contribution in [0.1, 0.15) is 64.6 Å². The first-order valence-electron chi connectivity index (χ1n) is 13.9. The number of ether oxygens (including phenoxy) is 2. The van der Waals surface area contributed by atoms with Gasteiger partial charge in [0.2, 0.25) is 0 Å². The molecule has 39 heavy (non-hydrogen) atoms. The second kappa shape index (κ2) is 14.4. The fourth-order valence-corrected chi connectivity index (χ4v) is 4.84. The van der Waals surface area contributed by atoms with Gasteiger partial charge in [-0.15, -0.1) is 0 Å². The normalized spacial score (nSPS) is 16.9. The van der Waals surface area contributed by atoms with E-state index in [9.17, 15) is 14.7 Å². The van der Waals surface area contributed by atoms with Gasteiger partial charge in [0.05, 0.1) is 24.8 Å². The van der Waals surface area contributed by atoms with Gasteiger partial charge >= 0.3 is 0 Å². The van der Waals surface area contributed by atoms with Crippen LogP contribution in [0, 0.1) is 5.92 Å². The Balaban J connectivity index is 2.05. The average Bonchev–Trinajstić information content (AvgIpc) is 3.17. The fraction of sp³-hybridized carbons (Fsp3) is 0.484. The predicted molar refractivity (Wildman–Crippen MR) is 155 cm³/mol. The van der Waals surface area contributed by atoms with E-state index in [2.05, 4.69) is 32.6 Å². The van der Waals surface area contributed by atoms with Gasteiger partial charge in [-0.05, 0) is 87.3 Å². The second-order valence-electron chi connectivity index (χ2n) is 10.0. The maximum absolute atomic E-state index is 13.4. The SMILES string of the molecule is CCOc1cc(C2/C(=C(\O)c3ccc(Cl)cc3)C(=O)C(=O)N2CCCN(CC)CC)ccc1OCCC(C)C. The number of hydrogen-bond donors (Lipinski definition) is 1. The van der Waals surface area contributed by atoms with Crippen LogP contribution < -0.4 is 9.47 Å². The zero-order valence-corrected chi connectivity index (χ0v) is 24.5. The van der Waals surface area contributed by atoms with Crippen LogP contribution in [0.5, 0.6) is 11.5 Å². The molecule has 1 amide bonds. The summed E-state index contributed by atoms with van der Waals surface area (Å²) in [6, 6.07) is 11.3. The minimum Gasteiger partial charge on any atom is -0.507 e. The molecule has 8 heteroatoms. The summed E-state index contributed by atoms with van der Waals surface area (Å²) in [6.07, 6.45) is 1.60. The fourth-order valence-electron chi connectivity index (χ4n) is 4.71. The lowest BCUT2D eigenvalue weighted by atomic mass is 9.95. The minimum atomic E-state index is -0.763. The summed E-state index contributed by atoms with van der Waals surface area (Å²) < 4.78 is 11.9. The summed E-state index contributed by atoms with van der Waals surface area (Å²) in [5.41, 5.74) is 1.15. The van der Waals surface area contributed by atoms with Crippen LogP contribution in [0.15, 0.2) is 48.0 Å². The van der Waals surface area contributed by atoms with Crippen molar-refractivity contribution in [3.05, 3.63) is 64.2 Å². The van der Waals surface area contributed by atoms with Gasteiger partial charge in [0, 0.05) is 17.1 Å². The number of amides is 1. The number of aliphatic hydroxyl groups excluding tert-OH is 1. The number of benzene rings is 2. The highest BCUT2D eigenvalue weighted by atomic mass is 35.5. The Bertz CT molecular complexity index is 1160. The van der Waals surface area contributed by atoms with E-state index >= 15 is 0 Å². The van der Waals surface area contributed by atoms with Gasteiger partial charge in [-0.3, -0.25) is 9.59 Å². The number of aliphatic hydroxyl groups is 1. The Labute approximate surface area is 237 Å². The number of halogens is 1. The van der Waals surface area contributed by atoms with E-state index < -0.39 is 17.7 Å². The average molecular weight is 557 g/mol. The highest BCUT2D eigenvalue weighted by Crippen LogP contribution is 2.42. The number of carbonyl (C=O) groups is 2. The van der Waals surface area contributed by atoms with E-state index in [0.717, 1.165) is 26.1 Å². The molecule has 3 rings (SSSR count). The number of nitrogens with zero attached hydrogens (tertiary/aromatic N) is 2. The molecule has 0 spiro atoms. The molecule has 0 bridgehead atoms. The van der Waals surface area contributed by atoms with Crippen LogP contribution in [0.25, 0.3) is 5.76 Å². The predicted octanol–water partition coefficient (Wildman–Crippen LogP) is 6.32. The Hall–Kier alpha value is -3.03. The van der Waals surface area contributed by atoms with Crippen LogP contribution >= 0.6 is 11.6 Å². The van der Waals surface area contributed by atoms with Crippen molar-refractivity contribution >= 4 is 29.1 Å². The first-order valence-corrected chi connectivity index (χ1v) is 14.3. The molecule has 7 nitrogen and oxygen atoms in total. The summed E-state index contributed by atoms with van der Waals surface area (Å²) >= 11 is 6.04. The summed E-state index contributed by atoms with van der Waals surface area (Å²) in [5.74, 6) is 0.104. The molecule has 0 radical (unpaired) electrons. The molecular weight excluding hydrogens is 516 g/mol. The number of Topliss-reactive ketones (excluding diaryl/α,β-unsaturated/α-hetero) is 1. The van der Waals surface area contributed by atoms with E-state index in [-0.39, 0.29) is 11.3 Å². The number of rotatable bonds is 14. The van der Waals surface area contributed by atoms with Crippen molar-refractivity contribution in [1.82, 2.24) is 9.80 Å². The molecule has 1 unspecified atom stereocenters. The van der Waals surface area contributed by atoms with Crippen molar-refractivity contribution < 1.29 is 24.2 Å². The standard InChI is InChI=1S/C31H41ClN2O5/c1-6-33(7-2)17-9-18-34-28(23-12-15-25(26(20-23)38-8-3)39-19-16-21(4)5)27(30(36)31(34)37)29(35)22-10-13-24(32)14-11-22/h10-15,20-21,28,35H,6-9,16-19H2,1-5H3/b29-27+. The maximum Gasteiger partial charge on any atom is 0.295 e. The van der Waals surface area contributed by atoms with Gasteiger partial charge in [0.15, 0.2) is 11.5 Å². The molecule has 1 heterocycles. The molecule has 0 aliphatic carbocycles. The maximum atomic E-state index is 13.4. The van der Waals surface area contributed by atoms with Gasteiger partial charge in [0.1, 0.15) is 5.76 Å². The topological polar surface area (TPSA) is 79.3 Å². The van der Waals surface area contributed by atoms with Crippen LogP contribution in [-0.4, -0.2) is 66.0 Å². The van der Waals surface area contributed by atoms with Crippen LogP contribution in [0.4, 0.5) is 0 Å². The molecule has 212 valence electrons. The van der Waals surface area contributed by atoms with Crippen molar-refractivity contribution in [1.29, 1.82) is 0 Å².